The highest BCUT2D eigenvalue weighted by Crippen LogP contribution is 2.37. The number of carbonyl (C=O) groups excluding carboxylic acids is 1. The van der Waals surface area contributed by atoms with Crippen LogP contribution in [0.1, 0.15) is 19.3 Å². The van der Waals surface area contributed by atoms with Gasteiger partial charge in [0.15, 0.2) is 0 Å². The molecule has 0 N–H and O–H groups in total. The van der Waals surface area contributed by atoms with Crippen molar-refractivity contribution in [2.75, 3.05) is 0 Å². The highest BCUT2D eigenvalue weighted by atomic mass is 16.6. The molecule has 0 bridgehead atoms. The molecule has 0 aromatic heterocycles. The fourth-order valence-corrected chi connectivity index (χ4v) is 1.69. The number of fused-ring (bicyclic) bond motifs is 1. The van der Waals surface area contributed by atoms with Crippen LogP contribution in [-0.4, -0.2) is 24.3 Å². The Morgan fingerprint density at radius 3 is 3.00 bits per heavy atom. The fraction of sp³-hybridized carbons (Fsp3) is 0.667. The van der Waals surface area contributed by atoms with E-state index in [2.05, 4.69) is 6.58 Å². The number of epoxide rings is 1. The Hall–Kier alpha value is -0.830. The summed E-state index contributed by atoms with van der Waals surface area (Å²) in [5.74, 6) is -0.320. The van der Waals surface area contributed by atoms with Gasteiger partial charge in [-0.3, -0.25) is 0 Å². The van der Waals surface area contributed by atoms with Crippen LogP contribution in [0.2, 0.25) is 0 Å². The molecule has 3 nitrogen and oxygen atoms in total. The zero-order chi connectivity index (χ0) is 8.55. The van der Waals surface area contributed by atoms with Gasteiger partial charge in [0.2, 0.25) is 0 Å². The second-order valence-electron chi connectivity index (χ2n) is 3.29. The average molecular weight is 168 g/mol. The van der Waals surface area contributed by atoms with Crippen LogP contribution in [0.15, 0.2) is 12.7 Å². The van der Waals surface area contributed by atoms with E-state index in [1.165, 1.54) is 6.08 Å². The van der Waals surface area contributed by atoms with E-state index in [1.807, 2.05) is 0 Å². The first-order valence-corrected chi connectivity index (χ1v) is 4.28. The van der Waals surface area contributed by atoms with Crippen molar-refractivity contribution < 1.29 is 14.3 Å². The van der Waals surface area contributed by atoms with Gasteiger partial charge in [-0.1, -0.05) is 6.58 Å². The number of esters is 1. The first-order valence-electron chi connectivity index (χ1n) is 4.28. The molecule has 1 heterocycles. The standard InChI is InChI=1S/C9H12O3/c1-2-9(10)11-6-3-4-7-8(5-6)12-7/h2,6-8H,1,3-5H2. The predicted octanol–water partition coefficient (Wildman–Crippen LogP) is 1.04. The normalized spacial score (nSPS) is 38.2. The van der Waals surface area contributed by atoms with Crippen LogP contribution >= 0.6 is 0 Å². The Labute approximate surface area is 71.3 Å². The molecule has 66 valence electrons. The minimum absolute atomic E-state index is 0.0549. The number of hydrogen-bond donors (Lipinski definition) is 0. The molecule has 2 rings (SSSR count). The minimum Gasteiger partial charge on any atom is -0.459 e. The monoisotopic (exact) mass is 168 g/mol. The summed E-state index contributed by atoms with van der Waals surface area (Å²) >= 11 is 0. The Morgan fingerprint density at radius 1 is 1.50 bits per heavy atom. The smallest absolute Gasteiger partial charge is 0.330 e. The third-order valence-corrected chi connectivity index (χ3v) is 2.41. The maximum Gasteiger partial charge on any atom is 0.330 e. The van der Waals surface area contributed by atoms with Gasteiger partial charge in [-0.2, -0.15) is 0 Å². The molecular weight excluding hydrogens is 156 g/mol. The molecule has 2 aliphatic rings. The molecule has 3 heteroatoms. The van der Waals surface area contributed by atoms with Crippen molar-refractivity contribution in [1.29, 1.82) is 0 Å². The van der Waals surface area contributed by atoms with Crippen LogP contribution in [0.5, 0.6) is 0 Å². The highest BCUT2D eigenvalue weighted by Gasteiger charge is 2.44. The lowest BCUT2D eigenvalue weighted by Gasteiger charge is -2.18. The second-order valence-corrected chi connectivity index (χ2v) is 3.29. The van der Waals surface area contributed by atoms with Crippen LogP contribution in [0.3, 0.4) is 0 Å². The number of carbonyl (C=O) groups is 1. The van der Waals surface area contributed by atoms with Gasteiger partial charge >= 0.3 is 5.97 Å². The first kappa shape index (κ1) is 7.80. The predicted molar refractivity (Wildman–Crippen MR) is 42.6 cm³/mol. The van der Waals surface area contributed by atoms with Crippen LogP contribution in [-0.2, 0) is 14.3 Å². The molecule has 0 spiro atoms. The van der Waals surface area contributed by atoms with Gasteiger partial charge in [0.05, 0.1) is 12.2 Å². The lowest BCUT2D eigenvalue weighted by atomic mass is 9.98. The maximum atomic E-state index is 10.8. The van der Waals surface area contributed by atoms with Gasteiger partial charge in [0.1, 0.15) is 6.10 Å². The van der Waals surface area contributed by atoms with E-state index in [9.17, 15) is 4.79 Å². The molecule has 0 aromatic rings. The van der Waals surface area contributed by atoms with Crippen molar-refractivity contribution >= 4 is 5.97 Å². The van der Waals surface area contributed by atoms with Crippen molar-refractivity contribution in [2.45, 2.75) is 37.6 Å². The van der Waals surface area contributed by atoms with E-state index >= 15 is 0 Å². The molecule has 3 atom stereocenters. The van der Waals surface area contributed by atoms with Crippen LogP contribution in [0.25, 0.3) is 0 Å². The molecule has 1 aliphatic carbocycles. The van der Waals surface area contributed by atoms with E-state index in [-0.39, 0.29) is 12.1 Å². The quantitative estimate of drug-likeness (QED) is 0.351. The zero-order valence-electron chi connectivity index (χ0n) is 6.86. The van der Waals surface area contributed by atoms with Gasteiger partial charge < -0.3 is 9.47 Å². The third kappa shape index (κ3) is 1.50. The Bertz CT molecular complexity index is 212. The molecule has 1 saturated carbocycles. The molecule has 2 fully saturated rings. The van der Waals surface area contributed by atoms with Crippen molar-refractivity contribution in [3.05, 3.63) is 12.7 Å². The Kier molecular flexibility index (Phi) is 1.89. The number of ether oxygens (including phenoxy) is 2. The lowest BCUT2D eigenvalue weighted by Crippen LogP contribution is -2.23. The summed E-state index contributed by atoms with van der Waals surface area (Å²) in [6.45, 7) is 3.35. The van der Waals surface area contributed by atoms with Crippen LogP contribution in [0.4, 0.5) is 0 Å². The molecule has 0 amide bonds. The summed E-state index contributed by atoms with van der Waals surface area (Å²) in [4.78, 5) is 10.8. The average Bonchev–Trinajstić information content (AvgIpc) is 2.82. The topological polar surface area (TPSA) is 38.8 Å². The van der Waals surface area contributed by atoms with Crippen molar-refractivity contribution in [3.8, 4) is 0 Å². The third-order valence-electron chi connectivity index (χ3n) is 2.41. The largest absolute Gasteiger partial charge is 0.459 e. The van der Waals surface area contributed by atoms with Crippen LogP contribution < -0.4 is 0 Å². The van der Waals surface area contributed by atoms with Crippen molar-refractivity contribution in [2.24, 2.45) is 0 Å². The van der Waals surface area contributed by atoms with E-state index < -0.39 is 0 Å². The molecule has 3 unspecified atom stereocenters. The van der Waals surface area contributed by atoms with Gasteiger partial charge in [0, 0.05) is 12.5 Å². The van der Waals surface area contributed by atoms with Gasteiger partial charge in [-0.05, 0) is 12.8 Å². The van der Waals surface area contributed by atoms with Crippen molar-refractivity contribution in [1.82, 2.24) is 0 Å². The summed E-state index contributed by atoms with van der Waals surface area (Å²) < 4.78 is 10.4. The zero-order valence-corrected chi connectivity index (χ0v) is 6.86. The van der Waals surface area contributed by atoms with Gasteiger partial charge in [-0.15, -0.1) is 0 Å². The minimum atomic E-state index is -0.320. The van der Waals surface area contributed by atoms with E-state index in [0.717, 1.165) is 19.3 Å². The van der Waals surface area contributed by atoms with E-state index in [0.29, 0.717) is 12.2 Å². The number of rotatable bonds is 2. The molecular formula is C9H12O3. The molecule has 0 radical (unpaired) electrons. The lowest BCUT2D eigenvalue weighted by molar-refractivity contribution is -0.144. The van der Waals surface area contributed by atoms with Gasteiger partial charge in [-0.25, -0.2) is 4.79 Å². The SMILES string of the molecule is C=CC(=O)OC1CCC2OC2C1. The first-order chi connectivity index (χ1) is 5.79. The molecule has 0 aromatic carbocycles. The summed E-state index contributed by atoms with van der Waals surface area (Å²) in [5, 5.41) is 0. The Balaban J connectivity index is 1.80. The van der Waals surface area contributed by atoms with E-state index in [1.54, 1.807) is 0 Å². The van der Waals surface area contributed by atoms with Gasteiger partial charge in [0.25, 0.3) is 0 Å². The van der Waals surface area contributed by atoms with Crippen LogP contribution in [0, 0.1) is 0 Å². The Morgan fingerprint density at radius 2 is 2.33 bits per heavy atom. The second kappa shape index (κ2) is 2.90. The molecule has 1 saturated heterocycles. The fourth-order valence-electron chi connectivity index (χ4n) is 1.69. The number of hydrogen-bond acceptors (Lipinski definition) is 3. The summed E-state index contributed by atoms with van der Waals surface area (Å²) in [6.07, 6.45) is 4.91. The maximum absolute atomic E-state index is 10.8. The highest BCUT2D eigenvalue weighted by molar-refractivity contribution is 5.81. The van der Waals surface area contributed by atoms with E-state index in [4.69, 9.17) is 9.47 Å². The summed E-state index contributed by atoms with van der Waals surface area (Å²) in [7, 11) is 0. The summed E-state index contributed by atoms with van der Waals surface area (Å²) in [6, 6.07) is 0. The van der Waals surface area contributed by atoms with Crippen molar-refractivity contribution in [3.63, 3.8) is 0 Å². The molecule has 1 aliphatic heterocycles. The molecule has 12 heavy (non-hydrogen) atoms. The summed E-state index contributed by atoms with van der Waals surface area (Å²) in [5.41, 5.74) is 0.